The third kappa shape index (κ3) is 4.86. The number of ether oxygens (including phenoxy) is 1. The molecule has 1 unspecified atom stereocenters. The molecular weight excluding hydrogens is 426 g/mol. The standard InChI is InChI=1S/C29H49NO4/c1-20(7-12-27(32)30(4)34-18-6-17-33-5)24-10-11-25-23-9-8-21-19-22(31)13-15-28(21,2)26(23)14-16-29(24,25)3/h8,20,22-26,31H,6-7,9-19H2,1-5H3/t20?,22-,23-,24+,25-,26-,28-,29+/m0/s1. The van der Waals surface area contributed by atoms with Crippen LogP contribution in [-0.4, -0.2) is 49.6 Å². The molecular formula is C29H49NO4. The fraction of sp³-hybridized carbons (Fsp3) is 0.897. The predicted octanol–water partition coefficient (Wildman–Crippen LogP) is 5.77. The van der Waals surface area contributed by atoms with E-state index >= 15 is 0 Å². The molecule has 0 spiro atoms. The van der Waals surface area contributed by atoms with E-state index in [9.17, 15) is 9.90 Å². The molecule has 0 aromatic heterocycles. The van der Waals surface area contributed by atoms with Crippen LogP contribution in [0.15, 0.2) is 11.6 Å². The zero-order valence-corrected chi connectivity index (χ0v) is 22.4. The number of aliphatic hydroxyl groups is 1. The van der Waals surface area contributed by atoms with E-state index in [0.29, 0.717) is 42.3 Å². The highest BCUT2D eigenvalue weighted by Crippen LogP contribution is 2.67. The van der Waals surface area contributed by atoms with Crippen molar-refractivity contribution in [3.63, 3.8) is 0 Å². The first-order valence-electron chi connectivity index (χ1n) is 14.0. The molecule has 34 heavy (non-hydrogen) atoms. The molecule has 0 radical (unpaired) electrons. The smallest absolute Gasteiger partial charge is 0.245 e. The van der Waals surface area contributed by atoms with Gasteiger partial charge in [0.2, 0.25) is 5.91 Å². The molecule has 1 N–H and O–H groups in total. The topological polar surface area (TPSA) is 59.0 Å². The van der Waals surface area contributed by atoms with Gasteiger partial charge in [-0.2, -0.15) is 0 Å². The Balaban J connectivity index is 1.35. The summed E-state index contributed by atoms with van der Waals surface area (Å²) in [4.78, 5) is 18.2. The Morgan fingerprint density at radius 1 is 1.18 bits per heavy atom. The second-order valence-electron chi connectivity index (χ2n) is 12.5. The van der Waals surface area contributed by atoms with Gasteiger partial charge < -0.3 is 9.84 Å². The third-order valence-electron chi connectivity index (χ3n) is 10.8. The van der Waals surface area contributed by atoms with Crippen molar-refractivity contribution in [1.29, 1.82) is 0 Å². The molecule has 3 saturated carbocycles. The molecule has 5 heteroatoms. The molecule has 0 aromatic rings. The molecule has 4 aliphatic carbocycles. The van der Waals surface area contributed by atoms with Crippen LogP contribution in [0.2, 0.25) is 0 Å². The number of hydrogen-bond acceptors (Lipinski definition) is 4. The monoisotopic (exact) mass is 475 g/mol. The van der Waals surface area contributed by atoms with Gasteiger partial charge in [-0.25, -0.2) is 5.06 Å². The number of hydrogen-bond donors (Lipinski definition) is 1. The number of amides is 1. The van der Waals surface area contributed by atoms with Gasteiger partial charge in [0.05, 0.1) is 12.7 Å². The van der Waals surface area contributed by atoms with Crippen LogP contribution in [0.5, 0.6) is 0 Å². The van der Waals surface area contributed by atoms with Crippen molar-refractivity contribution in [2.75, 3.05) is 27.4 Å². The highest BCUT2D eigenvalue weighted by atomic mass is 16.7. The largest absolute Gasteiger partial charge is 0.393 e. The van der Waals surface area contributed by atoms with Crippen molar-refractivity contribution < 1.29 is 19.5 Å². The maximum absolute atomic E-state index is 12.6. The summed E-state index contributed by atoms with van der Waals surface area (Å²) in [5, 5.41) is 11.7. The van der Waals surface area contributed by atoms with Crippen molar-refractivity contribution in [2.24, 2.45) is 40.4 Å². The Morgan fingerprint density at radius 3 is 2.74 bits per heavy atom. The molecule has 1 amide bonds. The number of rotatable bonds is 9. The normalized spacial score (nSPS) is 40.1. The lowest BCUT2D eigenvalue weighted by Gasteiger charge is -2.58. The Bertz CT molecular complexity index is 752. The van der Waals surface area contributed by atoms with Gasteiger partial charge in [0.1, 0.15) is 0 Å². The van der Waals surface area contributed by atoms with Crippen molar-refractivity contribution in [1.82, 2.24) is 5.06 Å². The van der Waals surface area contributed by atoms with Gasteiger partial charge in [-0.1, -0.05) is 32.4 Å². The van der Waals surface area contributed by atoms with E-state index < -0.39 is 0 Å². The van der Waals surface area contributed by atoms with Crippen LogP contribution in [-0.2, 0) is 14.4 Å². The molecule has 5 nitrogen and oxygen atoms in total. The summed E-state index contributed by atoms with van der Waals surface area (Å²) in [6.07, 6.45) is 14.3. The number of hydroxylamine groups is 2. The van der Waals surface area contributed by atoms with Crippen LogP contribution in [0.3, 0.4) is 0 Å². The number of nitrogens with zero attached hydrogens (tertiary/aromatic N) is 1. The number of fused-ring (bicyclic) bond motifs is 5. The van der Waals surface area contributed by atoms with Crippen LogP contribution in [0, 0.1) is 40.4 Å². The van der Waals surface area contributed by atoms with E-state index in [1.807, 2.05) is 0 Å². The van der Waals surface area contributed by atoms with Gasteiger partial charge in [0, 0.05) is 27.2 Å². The number of carbonyl (C=O) groups is 1. The molecule has 0 aliphatic heterocycles. The molecule has 8 atom stereocenters. The zero-order valence-electron chi connectivity index (χ0n) is 22.4. The van der Waals surface area contributed by atoms with E-state index in [1.54, 1.807) is 19.7 Å². The summed E-state index contributed by atoms with van der Waals surface area (Å²) in [5.41, 5.74) is 2.28. The Labute approximate surface area is 207 Å². The summed E-state index contributed by atoms with van der Waals surface area (Å²) in [7, 11) is 3.42. The number of allylic oxidation sites excluding steroid dienone is 1. The number of carbonyl (C=O) groups excluding carboxylic acids is 1. The molecule has 194 valence electrons. The van der Waals surface area contributed by atoms with E-state index in [0.717, 1.165) is 49.9 Å². The van der Waals surface area contributed by atoms with Gasteiger partial charge in [0.15, 0.2) is 0 Å². The first-order chi connectivity index (χ1) is 16.2. The van der Waals surface area contributed by atoms with Crippen molar-refractivity contribution in [3.8, 4) is 0 Å². The van der Waals surface area contributed by atoms with Crippen LogP contribution >= 0.6 is 0 Å². The molecule has 0 aromatic carbocycles. The molecule has 0 bridgehead atoms. The van der Waals surface area contributed by atoms with E-state index in [2.05, 4.69) is 26.8 Å². The molecule has 0 heterocycles. The van der Waals surface area contributed by atoms with Crippen molar-refractivity contribution in [3.05, 3.63) is 11.6 Å². The number of methoxy groups -OCH3 is 1. The fourth-order valence-corrected chi connectivity index (χ4v) is 8.80. The summed E-state index contributed by atoms with van der Waals surface area (Å²) in [6, 6.07) is 0. The van der Waals surface area contributed by atoms with Gasteiger partial charge in [0.25, 0.3) is 0 Å². The van der Waals surface area contributed by atoms with Gasteiger partial charge in [-0.3, -0.25) is 9.63 Å². The summed E-state index contributed by atoms with van der Waals surface area (Å²) >= 11 is 0. The zero-order chi connectivity index (χ0) is 24.5. The molecule has 4 rings (SSSR count). The maximum Gasteiger partial charge on any atom is 0.245 e. The lowest BCUT2D eigenvalue weighted by atomic mass is 9.47. The lowest BCUT2D eigenvalue weighted by molar-refractivity contribution is -0.179. The minimum atomic E-state index is -0.126. The molecule has 0 saturated heterocycles. The molecule has 4 aliphatic rings. The SMILES string of the molecule is COCCCON(C)C(=O)CCC(C)[C@H]1CC[C@H]2[C@@H]3CC=C4C[C@@H](O)CC[C@]4(C)[C@H]3CC[C@]12C. The first-order valence-corrected chi connectivity index (χ1v) is 14.0. The second kappa shape index (κ2) is 10.6. The van der Waals surface area contributed by atoms with Gasteiger partial charge >= 0.3 is 0 Å². The Kier molecular flexibility index (Phi) is 8.16. The van der Waals surface area contributed by atoms with Gasteiger partial charge in [-0.05, 0) is 105 Å². The second-order valence-corrected chi connectivity index (χ2v) is 12.5. The highest BCUT2D eigenvalue weighted by molar-refractivity contribution is 5.74. The van der Waals surface area contributed by atoms with Crippen LogP contribution < -0.4 is 0 Å². The predicted molar refractivity (Wildman–Crippen MR) is 135 cm³/mol. The van der Waals surface area contributed by atoms with Gasteiger partial charge in [-0.15, -0.1) is 0 Å². The maximum atomic E-state index is 12.6. The minimum absolute atomic E-state index is 0.0880. The van der Waals surface area contributed by atoms with E-state index in [4.69, 9.17) is 9.57 Å². The third-order valence-corrected chi connectivity index (χ3v) is 10.8. The van der Waals surface area contributed by atoms with E-state index in [1.165, 1.54) is 37.2 Å². The lowest BCUT2D eigenvalue weighted by Crippen LogP contribution is -2.50. The first kappa shape index (κ1) is 26.2. The summed E-state index contributed by atoms with van der Waals surface area (Å²) in [6.45, 7) is 8.66. The fourth-order valence-electron chi connectivity index (χ4n) is 8.80. The Morgan fingerprint density at radius 2 is 1.97 bits per heavy atom. The average Bonchev–Trinajstić information content (AvgIpc) is 3.17. The highest BCUT2D eigenvalue weighted by Gasteiger charge is 2.59. The summed E-state index contributed by atoms with van der Waals surface area (Å²) < 4.78 is 5.04. The average molecular weight is 476 g/mol. The number of aliphatic hydroxyl groups excluding tert-OH is 1. The Hall–Kier alpha value is -0.910. The quantitative estimate of drug-likeness (QED) is 0.261. The molecule has 3 fully saturated rings. The van der Waals surface area contributed by atoms with Crippen molar-refractivity contribution >= 4 is 5.91 Å². The van der Waals surface area contributed by atoms with Crippen LogP contribution in [0.25, 0.3) is 0 Å². The van der Waals surface area contributed by atoms with Crippen LogP contribution in [0.4, 0.5) is 0 Å². The van der Waals surface area contributed by atoms with Crippen LogP contribution in [0.1, 0.15) is 91.4 Å². The summed E-state index contributed by atoms with van der Waals surface area (Å²) in [5.74, 6) is 3.76. The van der Waals surface area contributed by atoms with E-state index in [-0.39, 0.29) is 12.0 Å². The van der Waals surface area contributed by atoms with Crippen molar-refractivity contribution in [2.45, 2.75) is 97.5 Å². The minimum Gasteiger partial charge on any atom is -0.393 e.